The van der Waals surface area contributed by atoms with E-state index in [9.17, 15) is 9.59 Å². The first-order valence-corrected chi connectivity index (χ1v) is 8.24. The Balaban J connectivity index is 2.10. The molecule has 27 heavy (non-hydrogen) atoms. The van der Waals surface area contributed by atoms with Crippen LogP contribution in [0, 0.1) is 13.8 Å². The lowest BCUT2D eigenvalue weighted by Crippen LogP contribution is -2.22. The van der Waals surface area contributed by atoms with Gasteiger partial charge in [-0.3, -0.25) is 4.79 Å². The second-order valence-corrected chi connectivity index (χ2v) is 5.80. The number of ether oxygens (including phenoxy) is 4. The van der Waals surface area contributed by atoms with Crippen LogP contribution in [-0.4, -0.2) is 39.8 Å². The summed E-state index contributed by atoms with van der Waals surface area (Å²) in [7, 11) is 4.36. The average Bonchev–Trinajstić information content (AvgIpc) is 2.67. The quantitative estimate of drug-likeness (QED) is 0.751. The molecular formula is C20H23NO6. The molecule has 0 aliphatic heterocycles. The number of rotatable bonds is 7. The monoisotopic (exact) mass is 373 g/mol. The topological polar surface area (TPSA) is 83.1 Å². The Bertz CT molecular complexity index is 826. The lowest BCUT2D eigenvalue weighted by Gasteiger charge is -2.14. The first-order valence-electron chi connectivity index (χ1n) is 8.24. The van der Waals surface area contributed by atoms with Crippen molar-refractivity contribution in [2.45, 2.75) is 13.8 Å². The maximum atomic E-state index is 12.4. The molecule has 1 amide bonds. The lowest BCUT2D eigenvalue weighted by atomic mass is 10.1. The first kappa shape index (κ1) is 20.1. The zero-order chi connectivity index (χ0) is 20.0. The molecular weight excluding hydrogens is 350 g/mol. The van der Waals surface area contributed by atoms with E-state index in [1.165, 1.54) is 33.5 Å². The number of carbonyl (C=O) groups is 2. The van der Waals surface area contributed by atoms with Crippen molar-refractivity contribution in [1.82, 2.24) is 0 Å². The molecule has 0 aromatic heterocycles. The molecule has 0 heterocycles. The summed E-state index contributed by atoms with van der Waals surface area (Å²) in [6, 6.07) is 8.66. The van der Waals surface area contributed by atoms with Crippen LogP contribution in [0.3, 0.4) is 0 Å². The van der Waals surface area contributed by atoms with Gasteiger partial charge in [0.2, 0.25) is 0 Å². The molecule has 0 aliphatic rings. The molecule has 2 aromatic rings. The van der Waals surface area contributed by atoms with Gasteiger partial charge in [0.05, 0.1) is 21.3 Å². The van der Waals surface area contributed by atoms with Crippen LogP contribution in [0.15, 0.2) is 30.3 Å². The molecule has 0 aliphatic carbocycles. The van der Waals surface area contributed by atoms with E-state index in [0.29, 0.717) is 17.2 Å². The van der Waals surface area contributed by atoms with Gasteiger partial charge in [-0.25, -0.2) is 4.79 Å². The van der Waals surface area contributed by atoms with E-state index >= 15 is 0 Å². The Morgan fingerprint density at radius 2 is 1.44 bits per heavy atom. The molecule has 0 spiro atoms. The van der Waals surface area contributed by atoms with Crippen LogP contribution < -0.4 is 19.5 Å². The SMILES string of the molecule is COc1cc(OC)c(C(=O)OCC(=O)Nc2c(C)cccc2C)cc1OC. The summed E-state index contributed by atoms with van der Waals surface area (Å²) in [6.07, 6.45) is 0. The van der Waals surface area contributed by atoms with Crippen molar-refractivity contribution in [3.8, 4) is 17.2 Å². The van der Waals surface area contributed by atoms with E-state index in [4.69, 9.17) is 18.9 Å². The molecule has 7 heteroatoms. The van der Waals surface area contributed by atoms with Gasteiger partial charge in [0.25, 0.3) is 5.91 Å². The molecule has 7 nitrogen and oxygen atoms in total. The van der Waals surface area contributed by atoms with Crippen LogP contribution in [-0.2, 0) is 9.53 Å². The molecule has 2 rings (SSSR count). The molecule has 0 saturated carbocycles. The maximum absolute atomic E-state index is 12.4. The molecule has 2 aromatic carbocycles. The minimum absolute atomic E-state index is 0.134. The van der Waals surface area contributed by atoms with E-state index in [1.807, 2.05) is 32.0 Å². The van der Waals surface area contributed by atoms with E-state index in [-0.39, 0.29) is 11.3 Å². The number of benzene rings is 2. The van der Waals surface area contributed by atoms with Crippen LogP contribution in [0.4, 0.5) is 5.69 Å². The number of aryl methyl sites for hydroxylation is 2. The van der Waals surface area contributed by atoms with Gasteiger partial charge in [0.15, 0.2) is 18.1 Å². The number of methoxy groups -OCH3 is 3. The Labute approximate surface area is 158 Å². The Morgan fingerprint density at radius 1 is 0.889 bits per heavy atom. The van der Waals surface area contributed by atoms with Gasteiger partial charge >= 0.3 is 5.97 Å². The Hall–Kier alpha value is -3.22. The van der Waals surface area contributed by atoms with Gasteiger partial charge in [-0.15, -0.1) is 0 Å². The van der Waals surface area contributed by atoms with E-state index < -0.39 is 18.5 Å². The summed E-state index contributed by atoms with van der Waals surface area (Å²) < 4.78 is 20.7. The summed E-state index contributed by atoms with van der Waals surface area (Å²) in [6.45, 7) is 3.36. The van der Waals surface area contributed by atoms with Gasteiger partial charge in [-0.1, -0.05) is 18.2 Å². The first-order chi connectivity index (χ1) is 12.9. The number of carbonyl (C=O) groups excluding carboxylic acids is 2. The van der Waals surface area contributed by atoms with Crippen molar-refractivity contribution in [3.63, 3.8) is 0 Å². The van der Waals surface area contributed by atoms with E-state index in [2.05, 4.69) is 5.32 Å². The number of nitrogens with one attached hydrogen (secondary N) is 1. The molecule has 1 N–H and O–H groups in total. The second-order valence-electron chi connectivity index (χ2n) is 5.80. The van der Waals surface area contributed by atoms with Gasteiger partial charge in [0, 0.05) is 17.8 Å². The van der Waals surface area contributed by atoms with Crippen LogP contribution in [0.1, 0.15) is 21.5 Å². The highest BCUT2D eigenvalue weighted by Gasteiger charge is 2.20. The fourth-order valence-electron chi connectivity index (χ4n) is 2.58. The average molecular weight is 373 g/mol. The van der Waals surface area contributed by atoms with Crippen molar-refractivity contribution in [2.75, 3.05) is 33.3 Å². The predicted molar refractivity (Wildman–Crippen MR) is 101 cm³/mol. The number of hydrogen-bond acceptors (Lipinski definition) is 6. The summed E-state index contributed by atoms with van der Waals surface area (Å²) in [5.74, 6) is -0.110. The van der Waals surface area contributed by atoms with Crippen molar-refractivity contribution in [3.05, 3.63) is 47.0 Å². The molecule has 144 valence electrons. The molecule has 0 bridgehead atoms. The second kappa shape index (κ2) is 8.93. The number of amides is 1. The third-order valence-corrected chi connectivity index (χ3v) is 4.01. The zero-order valence-electron chi connectivity index (χ0n) is 16.0. The standard InChI is InChI=1S/C20H23NO6/c1-12-7-6-8-13(2)19(12)21-18(22)11-27-20(23)14-9-16(25-4)17(26-5)10-15(14)24-3/h6-10H,11H2,1-5H3,(H,21,22). The highest BCUT2D eigenvalue weighted by molar-refractivity contribution is 5.98. The Morgan fingerprint density at radius 3 is 2.00 bits per heavy atom. The summed E-state index contributed by atoms with van der Waals surface area (Å²) in [5.41, 5.74) is 2.70. The summed E-state index contributed by atoms with van der Waals surface area (Å²) >= 11 is 0. The smallest absolute Gasteiger partial charge is 0.342 e. The normalized spacial score (nSPS) is 10.1. The summed E-state index contributed by atoms with van der Waals surface area (Å²) in [4.78, 5) is 24.6. The van der Waals surface area contributed by atoms with Crippen molar-refractivity contribution >= 4 is 17.6 Å². The highest BCUT2D eigenvalue weighted by Crippen LogP contribution is 2.34. The third-order valence-electron chi connectivity index (χ3n) is 4.01. The van der Waals surface area contributed by atoms with Gasteiger partial charge in [0.1, 0.15) is 11.3 Å². The minimum Gasteiger partial charge on any atom is -0.496 e. The van der Waals surface area contributed by atoms with Crippen molar-refractivity contribution in [2.24, 2.45) is 0 Å². The van der Waals surface area contributed by atoms with Crippen LogP contribution in [0.2, 0.25) is 0 Å². The van der Waals surface area contributed by atoms with Crippen molar-refractivity contribution in [1.29, 1.82) is 0 Å². The highest BCUT2D eigenvalue weighted by atomic mass is 16.5. The Kier molecular flexibility index (Phi) is 6.65. The van der Waals surface area contributed by atoms with Gasteiger partial charge < -0.3 is 24.3 Å². The van der Waals surface area contributed by atoms with E-state index in [1.54, 1.807) is 0 Å². The van der Waals surface area contributed by atoms with Crippen LogP contribution in [0.25, 0.3) is 0 Å². The zero-order valence-corrected chi connectivity index (χ0v) is 16.0. The fraction of sp³-hybridized carbons (Fsp3) is 0.300. The number of hydrogen-bond donors (Lipinski definition) is 1. The summed E-state index contributed by atoms with van der Waals surface area (Å²) in [5, 5.41) is 2.76. The van der Waals surface area contributed by atoms with E-state index in [0.717, 1.165) is 11.1 Å². The number of para-hydroxylation sites is 1. The van der Waals surface area contributed by atoms with Crippen LogP contribution in [0.5, 0.6) is 17.2 Å². The molecule has 0 fully saturated rings. The van der Waals surface area contributed by atoms with Gasteiger partial charge in [-0.05, 0) is 25.0 Å². The molecule has 0 saturated heterocycles. The van der Waals surface area contributed by atoms with Crippen molar-refractivity contribution < 1.29 is 28.5 Å². The third kappa shape index (κ3) is 4.69. The molecule has 0 atom stereocenters. The number of esters is 1. The molecule has 0 radical (unpaired) electrons. The fourth-order valence-corrected chi connectivity index (χ4v) is 2.58. The van der Waals surface area contributed by atoms with Crippen LogP contribution >= 0.6 is 0 Å². The number of anilines is 1. The predicted octanol–water partition coefficient (Wildman–Crippen LogP) is 3.12. The lowest BCUT2D eigenvalue weighted by molar-refractivity contribution is -0.119. The minimum atomic E-state index is -0.704. The van der Waals surface area contributed by atoms with Gasteiger partial charge in [-0.2, -0.15) is 0 Å². The molecule has 0 unspecified atom stereocenters. The largest absolute Gasteiger partial charge is 0.496 e. The maximum Gasteiger partial charge on any atom is 0.342 e.